The number of nitrogens with zero attached hydrogens (tertiary/aromatic N) is 1. The molecule has 0 radical (unpaired) electrons. The molecule has 0 saturated carbocycles. The summed E-state index contributed by atoms with van der Waals surface area (Å²) in [6.07, 6.45) is 2.57. The number of amides is 1. The molecule has 6 heteroatoms. The van der Waals surface area contributed by atoms with Gasteiger partial charge in [0.1, 0.15) is 5.60 Å². The van der Waals surface area contributed by atoms with Gasteiger partial charge in [0.25, 0.3) is 0 Å². The van der Waals surface area contributed by atoms with Crippen molar-refractivity contribution in [1.29, 1.82) is 0 Å². The zero-order valence-electron chi connectivity index (χ0n) is 14.8. The largest absolute Gasteiger partial charge is 0.454 e. The Labute approximate surface area is 147 Å². The number of ether oxygens (including phenoxy) is 4. The lowest BCUT2D eigenvalue weighted by Gasteiger charge is -2.44. The van der Waals surface area contributed by atoms with Crippen molar-refractivity contribution >= 4 is 11.7 Å². The first kappa shape index (κ1) is 16.3. The van der Waals surface area contributed by atoms with E-state index in [2.05, 4.69) is 6.08 Å². The van der Waals surface area contributed by atoms with Crippen molar-refractivity contribution in [2.45, 2.75) is 44.9 Å². The van der Waals surface area contributed by atoms with E-state index >= 15 is 0 Å². The van der Waals surface area contributed by atoms with Gasteiger partial charge >= 0.3 is 6.09 Å². The van der Waals surface area contributed by atoms with Gasteiger partial charge in [0.2, 0.25) is 6.79 Å². The Morgan fingerprint density at radius 3 is 2.76 bits per heavy atom. The maximum absolute atomic E-state index is 12.6. The maximum Gasteiger partial charge on any atom is 0.411 e. The summed E-state index contributed by atoms with van der Waals surface area (Å²) in [5.74, 6) is 1.55. The molecule has 1 fully saturated rings. The van der Waals surface area contributed by atoms with Crippen LogP contribution in [-0.4, -0.2) is 48.7 Å². The lowest BCUT2D eigenvalue weighted by molar-refractivity contribution is -0.0510. The standard InChI is InChI=1S/C19H23NO5/c1-19(2,3)25-18(21)20-14-6-13(7-15(20)10-22-9-14)12-4-5-16-17(8-12)24-11-23-16/h4-6,8,14-15H,7,9-11H2,1-3H3. The molecule has 1 amide bonds. The highest BCUT2D eigenvalue weighted by Crippen LogP contribution is 2.38. The van der Waals surface area contributed by atoms with E-state index in [0.717, 1.165) is 23.5 Å². The zero-order valence-corrected chi connectivity index (χ0v) is 14.8. The fraction of sp³-hybridized carbons (Fsp3) is 0.526. The van der Waals surface area contributed by atoms with Crippen molar-refractivity contribution in [2.75, 3.05) is 20.0 Å². The second kappa shape index (κ2) is 5.95. The molecule has 2 unspecified atom stereocenters. The lowest BCUT2D eigenvalue weighted by atomic mass is 9.90. The first-order valence-corrected chi connectivity index (χ1v) is 8.60. The third-order valence-electron chi connectivity index (χ3n) is 4.55. The van der Waals surface area contributed by atoms with Gasteiger partial charge in [-0.05, 0) is 50.5 Å². The molecule has 0 spiro atoms. The summed E-state index contributed by atoms with van der Waals surface area (Å²) in [7, 11) is 0. The molecule has 3 aliphatic heterocycles. The highest BCUT2D eigenvalue weighted by atomic mass is 16.7. The smallest absolute Gasteiger partial charge is 0.411 e. The van der Waals surface area contributed by atoms with Crippen LogP contribution in [0.15, 0.2) is 24.3 Å². The van der Waals surface area contributed by atoms with Crippen LogP contribution >= 0.6 is 0 Å². The Morgan fingerprint density at radius 2 is 2.00 bits per heavy atom. The highest BCUT2D eigenvalue weighted by molar-refractivity contribution is 5.75. The minimum atomic E-state index is -0.506. The molecule has 1 aromatic rings. The average molecular weight is 345 g/mol. The minimum absolute atomic E-state index is 0.0148. The van der Waals surface area contributed by atoms with Crippen LogP contribution in [0.2, 0.25) is 0 Å². The molecule has 0 aromatic heterocycles. The van der Waals surface area contributed by atoms with Crippen molar-refractivity contribution in [2.24, 2.45) is 0 Å². The molecule has 2 atom stereocenters. The average Bonchev–Trinajstić information content (AvgIpc) is 2.99. The number of fused-ring (bicyclic) bond motifs is 3. The van der Waals surface area contributed by atoms with Crippen LogP contribution in [0.1, 0.15) is 32.8 Å². The Kier molecular flexibility index (Phi) is 3.87. The molecular formula is C19H23NO5. The molecule has 0 N–H and O–H groups in total. The zero-order chi connectivity index (χ0) is 17.6. The van der Waals surface area contributed by atoms with E-state index in [9.17, 15) is 4.79 Å². The number of rotatable bonds is 1. The van der Waals surface area contributed by atoms with Gasteiger partial charge in [-0.1, -0.05) is 12.1 Å². The summed E-state index contributed by atoms with van der Waals surface area (Å²) in [5, 5.41) is 0. The number of morpholine rings is 1. The fourth-order valence-corrected chi connectivity index (χ4v) is 3.51. The van der Waals surface area contributed by atoms with Gasteiger partial charge < -0.3 is 18.9 Å². The molecule has 3 heterocycles. The number of hydrogen-bond acceptors (Lipinski definition) is 5. The van der Waals surface area contributed by atoms with Gasteiger partial charge in [-0.25, -0.2) is 4.79 Å². The Balaban J connectivity index is 1.60. The molecule has 0 aliphatic carbocycles. The maximum atomic E-state index is 12.6. The van der Waals surface area contributed by atoms with Crippen molar-refractivity contribution in [3.8, 4) is 11.5 Å². The van der Waals surface area contributed by atoms with Crippen molar-refractivity contribution in [3.63, 3.8) is 0 Å². The Bertz CT molecular complexity index is 721. The van der Waals surface area contributed by atoms with E-state index in [1.165, 1.54) is 5.57 Å². The Hall–Kier alpha value is -2.21. The van der Waals surface area contributed by atoms with Crippen LogP contribution in [0.25, 0.3) is 5.57 Å². The van der Waals surface area contributed by atoms with E-state index < -0.39 is 5.60 Å². The summed E-state index contributed by atoms with van der Waals surface area (Å²) in [6, 6.07) is 5.86. The predicted molar refractivity (Wildman–Crippen MR) is 91.6 cm³/mol. The number of carbonyl (C=O) groups excluding carboxylic acids is 1. The summed E-state index contributed by atoms with van der Waals surface area (Å²) in [6.45, 7) is 6.93. The number of carbonyl (C=O) groups is 1. The van der Waals surface area contributed by atoms with Gasteiger partial charge in [0, 0.05) is 0 Å². The predicted octanol–water partition coefficient (Wildman–Crippen LogP) is 3.21. The molecule has 6 nitrogen and oxygen atoms in total. The molecule has 25 heavy (non-hydrogen) atoms. The minimum Gasteiger partial charge on any atom is -0.454 e. The van der Waals surface area contributed by atoms with Gasteiger partial charge in [0.05, 0.1) is 25.3 Å². The molecular weight excluding hydrogens is 322 g/mol. The molecule has 1 saturated heterocycles. The first-order chi connectivity index (χ1) is 11.9. The van der Waals surface area contributed by atoms with Gasteiger partial charge in [-0.3, -0.25) is 4.90 Å². The van der Waals surface area contributed by atoms with E-state index in [-0.39, 0.29) is 25.0 Å². The van der Waals surface area contributed by atoms with Gasteiger partial charge in [-0.2, -0.15) is 0 Å². The molecule has 3 aliphatic rings. The van der Waals surface area contributed by atoms with E-state index in [1.54, 1.807) is 0 Å². The monoisotopic (exact) mass is 345 g/mol. The van der Waals surface area contributed by atoms with E-state index in [1.807, 2.05) is 43.9 Å². The van der Waals surface area contributed by atoms with Crippen LogP contribution in [0.3, 0.4) is 0 Å². The van der Waals surface area contributed by atoms with Crippen LogP contribution in [0.4, 0.5) is 4.79 Å². The van der Waals surface area contributed by atoms with Crippen LogP contribution in [0.5, 0.6) is 11.5 Å². The summed E-state index contributed by atoms with van der Waals surface area (Å²) < 4.78 is 22.1. The second-order valence-electron chi connectivity index (χ2n) is 7.61. The number of hydrogen-bond donors (Lipinski definition) is 0. The quantitative estimate of drug-likeness (QED) is 0.782. The lowest BCUT2D eigenvalue weighted by Crippen LogP contribution is -2.57. The topological polar surface area (TPSA) is 57.2 Å². The molecule has 4 rings (SSSR count). The summed E-state index contributed by atoms with van der Waals surface area (Å²) in [4.78, 5) is 14.4. The summed E-state index contributed by atoms with van der Waals surface area (Å²) in [5.41, 5.74) is 1.80. The Morgan fingerprint density at radius 1 is 1.20 bits per heavy atom. The van der Waals surface area contributed by atoms with Crippen LogP contribution in [0, 0.1) is 0 Å². The van der Waals surface area contributed by atoms with Gasteiger partial charge in [-0.15, -0.1) is 0 Å². The van der Waals surface area contributed by atoms with E-state index in [0.29, 0.717) is 13.2 Å². The van der Waals surface area contributed by atoms with Crippen molar-refractivity contribution in [3.05, 3.63) is 29.8 Å². The molecule has 134 valence electrons. The van der Waals surface area contributed by atoms with E-state index in [4.69, 9.17) is 18.9 Å². The normalized spacial score (nSPS) is 24.8. The molecule has 1 aromatic carbocycles. The third-order valence-corrected chi connectivity index (χ3v) is 4.55. The SMILES string of the molecule is CC(C)(C)OC(=O)N1C2C=C(c3ccc4c(c3)OCO4)CC1COC2. The van der Waals surface area contributed by atoms with Crippen LogP contribution in [-0.2, 0) is 9.47 Å². The van der Waals surface area contributed by atoms with Crippen molar-refractivity contribution < 1.29 is 23.7 Å². The third kappa shape index (κ3) is 3.18. The molecule has 2 bridgehead atoms. The fourth-order valence-electron chi connectivity index (χ4n) is 3.51. The first-order valence-electron chi connectivity index (χ1n) is 8.60. The highest BCUT2D eigenvalue weighted by Gasteiger charge is 2.40. The summed E-state index contributed by atoms with van der Waals surface area (Å²) >= 11 is 0. The van der Waals surface area contributed by atoms with Crippen LogP contribution < -0.4 is 9.47 Å². The number of benzene rings is 1. The van der Waals surface area contributed by atoms with Crippen molar-refractivity contribution in [1.82, 2.24) is 4.90 Å². The second-order valence-corrected chi connectivity index (χ2v) is 7.61. The van der Waals surface area contributed by atoms with Gasteiger partial charge in [0.15, 0.2) is 11.5 Å².